The van der Waals surface area contributed by atoms with E-state index < -0.39 is 5.91 Å². The van der Waals surface area contributed by atoms with Gasteiger partial charge in [-0.25, -0.2) is 0 Å². The first-order valence-corrected chi connectivity index (χ1v) is 11.1. The predicted octanol–water partition coefficient (Wildman–Crippen LogP) is 2.84. The summed E-state index contributed by atoms with van der Waals surface area (Å²) in [5.41, 5.74) is 14.6. The maximum atomic E-state index is 13.4. The quantitative estimate of drug-likeness (QED) is 0.548. The van der Waals surface area contributed by atoms with Crippen LogP contribution in [-0.2, 0) is 0 Å². The Morgan fingerprint density at radius 2 is 1.45 bits per heavy atom. The highest BCUT2D eigenvalue weighted by Crippen LogP contribution is 2.23. The number of amides is 2. The van der Waals surface area contributed by atoms with E-state index in [2.05, 4.69) is 34.1 Å². The maximum absolute atomic E-state index is 13.4. The third-order valence-electron chi connectivity index (χ3n) is 6.00. The van der Waals surface area contributed by atoms with Crippen LogP contribution in [0.4, 0.5) is 17.1 Å². The van der Waals surface area contributed by atoms with Crippen LogP contribution < -0.4 is 21.3 Å². The Kier molecular flexibility index (Phi) is 6.90. The Morgan fingerprint density at radius 1 is 0.818 bits per heavy atom. The number of nitrogens with zero attached hydrogens (tertiary/aromatic N) is 3. The summed E-state index contributed by atoms with van der Waals surface area (Å²) < 4.78 is 0. The Balaban J connectivity index is 1.49. The molecule has 0 aromatic heterocycles. The van der Waals surface area contributed by atoms with Gasteiger partial charge < -0.3 is 21.3 Å². The van der Waals surface area contributed by atoms with E-state index in [1.807, 2.05) is 12.1 Å². The summed E-state index contributed by atoms with van der Waals surface area (Å²) in [5.74, 6) is -0.746. The van der Waals surface area contributed by atoms with Gasteiger partial charge in [0, 0.05) is 56.2 Å². The van der Waals surface area contributed by atoms with Gasteiger partial charge in [0.2, 0.25) is 0 Å². The molecule has 1 saturated heterocycles. The highest BCUT2D eigenvalue weighted by molar-refractivity contribution is 6.10. The zero-order valence-corrected chi connectivity index (χ0v) is 18.6. The molecule has 170 valence electrons. The number of benzene rings is 3. The number of carbonyl (C=O) groups excluding carboxylic acids is 2. The van der Waals surface area contributed by atoms with E-state index in [1.54, 1.807) is 47.4 Å². The summed E-state index contributed by atoms with van der Waals surface area (Å²) in [5, 5.41) is 0. The van der Waals surface area contributed by atoms with Gasteiger partial charge in [-0.2, -0.15) is 0 Å². The summed E-state index contributed by atoms with van der Waals surface area (Å²) in [6, 6.07) is 24.2. The fourth-order valence-electron chi connectivity index (χ4n) is 4.14. The van der Waals surface area contributed by atoms with Crippen LogP contribution in [0.5, 0.6) is 0 Å². The van der Waals surface area contributed by atoms with Crippen molar-refractivity contribution < 1.29 is 9.59 Å². The van der Waals surface area contributed by atoms with E-state index in [0.29, 0.717) is 35.6 Å². The molecule has 1 aliphatic heterocycles. The first-order valence-electron chi connectivity index (χ1n) is 11.1. The van der Waals surface area contributed by atoms with Gasteiger partial charge in [0.1, 0.15) is 0 Å². The molecular weight excluding hydrogens is 414 g/mol. The highest BCUT2D eigenvalue weighted by atomic mass is 16.2. The van der Waals surface area contributed by atoms with Crippen molar-refractivity contribution in [2.45, 2.75) is 0 Å². The van der Waals surface area contributed by atoms with E-state index in [1.165, 1.54) is 5.69 Å². The number of hydrogen-bond donors (Lipinski definition) is 2. The summed E-state index contributed by atoms with van der Waals surface area (Å²) >= 11 is 0. The van der Waals surface area contributed by atoms with E-state index in [-0.39, 0.29) is 5.91 Å². The van der Waals surface area contributed by atoms with E-state index >= 15 is 0 Å². The van der Waals surface area contributed by atoms with Crippen LogP contribution in [0.2, 0.25) is 0 Å². The van der Waals surface area contributed by atoms with Crippen molar-refractivity contribution in [1.82, 2.24) is 4.90 Å². The van der Waals surface area contributed by atoms with Crippen LogP contribution in [0.3, 0.4) is 0 Å². The molecule has 1 aliphatic rings. The number of piperazine rings is 1. The normalized spacial score (nSPS) is 14.1. The van der Waals surface area contributed by atoms with Gasteiger partial charge in [-0.05, 0) is 48.5 Å². The topological polar surface area (TPSA) is 95.9 Å². The van der Waals surface area contributed by atoms with E-state index in [4.69, 9.17) is 11.5 Å². The fraction of sp³-hybridized carbons (Fsp3) is 0.231. The summed E-state index contributed by atoms with van der Waals surface area (Å²) in [6.07, 6.45) is 0. The second kappa shape index (κ2) is 10.2. The standard InChI is InChI=1S/C26H29N5O2/c27-21-12-10-20(11-13-21)26(33)31(24-9-5-4-8-23(24)25(28)32)19-16-29-14-17-30(18-15-29)22-6-2-1-3-7-22/h1-13H,14-19,27H2,(H2,28,32). The third-order valence-corrected chi connectivity index (χ3v) is 6.00. The van der Waals surface area contributed by atoms with Crippen molar-refractivity contribution in [3.05, 3.63) is 90.0 Å². The molecule has 4 N–H and O–H groups in total. The Bertz CT molecular complexity index is 1090. The highest BCUT2D eigenvalue weighted by Gasteiger charge is 2.24. The van der Waals surface area contributed by atoms with Crippen LogP contribution in [0.25, 0.3) is 0 Å². The van der Waals surface area contributed by atoms with E-state index in [9.17, 15) is 9.59 Å². The van der Waals surface area contributed by atoms with Crippen molar-refractivity contribution in [1.29, 1.82) is 0 Å². The van der Waals surface area contributed by atoms with Gasteiger partial charge in [-0.15, -0.1) is 0 Å². The van der Waals surface area contributed by atoms with Gasteiger partial charge >= 0.3 is 0 Å². The molecule has 0 radical (unpaired) electrons. The van der Waals surface area contributed by atoms with Crippen LogP contribution >= 0.6 is 0 Å². The average Bonchev–Trinajstić information content (AvgIpc) is 2.85. The fourth-order valence-corrected chi connectivity index (χ4v) is 4.14. The molecule has 0 aliphatic carbocycles. The van der Waals surface area contributed by atoms with Gasteiger partial charge in [0.05, 0.1) is 11.3 Å². The number of nitrogens with two attached hydrogens (primary N) is 2. The molecule has 3 aromatic carbocycles. The number of nitrogen functional groups attached to an aromatic ring is 1. The second-order valence-corrected chi connectivity index (χ2v) is 8.12. The van der Waals surface area contributed by atoms with Crippen LogP contribution in [0.15, 0.2) is 78.9 Å². The molecule has 3 aromatic rings. The average molecular weight is 444 g/mol. The van der Waals surface area contributed by atoms with Crippen molar-refractivity contribution in [3.8, 4) is 0 Å². The molecule has 0 bridgehead atoms. The SMILES string of the molecule is NC(=O)c1ccccc1N(CCN1CCN(c2ccccc2)CC1)C(=O)c1ccc(N)cc1. The summed E-state index contributed by atoms with van der Waals surface area (Å²) in [7, 11) is 0. The van der Waals surface area contributed by atoms with E-state index in [0.717, 1.165) is 26.2 Å². The van der Waals surface area contributed by atoms with Gasteiger partial charge in [-0.3, -0.25) is 14.5 Å². The monoisotopic (exact) mass is 443 g/mol. The molecule has 7 heteroatoms. The first-order chi connectivity index (χ1) is 16.0. The molecule has 7 nitrogen and oxygen atoms in total. The Hall–Kier alpha value is -3.84. The van der Waals surface area contributed by atoms with Crippen molar-refractivity contribution in [2.24, 2.45) is 5.73 Å². The molecule has 33 heavy (non-hydrogen) atoms. The molecule has 2 amide bonds. The zero-order valence-electron chi connectivity index (χ0n) is 18.6. The van der Waals surface area contributed by atoms with Gasteiger partial charge in [0.25, 0.3) is 11.8 Å². The number of rotatable bonds is 7. The van der Waals surface area contributed by atoms with Gasteiger partial charge in [0.15, 0.2) is 0 Å². The minimum atomic E-state index is -0.558. The van der Waals surface area contributed by atoms with Crippen LogP contribution in [0.1, 0.15) is 20.7 Å². The van der Waals surface area contributed by atoms with Crippen molar-refractivity contribution in [3.63, 3.8) is 0 Å². The maximum Gasteiger partial charge on any atom is 0.258 e. The van der Waals surface area contributed by atoms with Crippen LogP contribution in [0, 0.1) is 0 Å². The summed E-state index contributed by atoms with van der Waals surface area (Å²) in [6.45, 7) is 4.78. The molecule has 0 saturated carbocycles. The second-order valence-electron chi connectivity index (χ2n) is 8.12. The lowest BCUT2D eigenvalue weighted by Crippen LogP contribution is -2.49. The number of primary amides is 1. The zero-order chi connectivity index (χ0) is 23.2. The molecule has 1 fully saturated rings. The van der Waals surface area contributed by atoms with Crippen molar-refractivity contribution in [2.75, 3.05) is 54.8 Å². The molecule has 0 atom stereocenters. The van der Waals surface area contributed by atoms with Crippen molar-refractivity contribution >= 4 is 28.9 Å². The molecule has 1 heterocycles. The molecule has 0 spiro atoms. The first kappa shape index (κ1) is 22.4. The predicted molar refractivity (Wildman–Crippen MR) is 133 cm³/mol. The molecular formula is C26H29N5O2. The molecule has 0 unspecified atom stereocenters. The number of carbonyl (C=O) groups is 2. The number of hydrogen-bond acceptors (Lipinski definition) is 5. The molecule has 4 rings (SSSR count). The minimum Gasteiger partial charge on any atom is -0.399 e. The third kappa shape index (κ3) is 5.32. The Labute approximate surface area is 194 Å². The number of para-hydroxylation sites is 2. The summed E-state index contributed by atoms with van der Waals surface area (Å²) in [4.78, 5) is 31.9. The lowest BCUT2D eigenvalue weighted by Gasteiger charge is -2.37. The minimum absolute atomic E-state index is 0.188. The largest absolute Gasteiger partial charge is 0.399 e. The van der Waals surface area contributed by atoms with Gasteiger partial charge in [-0.1, -0.05) is 30.3 Å². The lowest BCUT2D eigenvalue weighted by atomic mass is 10.1. The lowest BCUT2D eigenvalue weighted by molar-refractivity contribution is 0.0982. The van der Waals surface area contributed by atoms with Crippen LogP contribution in [-0.4, -0.2) is 56.0 Å². The smallest absolute Gasteiger partial charge is 0.258 e. The Morgan fingerprint density at radius 3 is 2.12 bits per heavy atom. The number of anilines is 3.